The van der Waals surface area contributed by atoms with Crippen molar-refractivity contribution < 1.29 is 14.7 Å². The second kappa shape index (κ2) is 7.29. The number of halogens is 1. The average molecular weight is 298 g/mol. The first-order valence-corrected chi connectivity index (χ1v) is 7.02. The minimum absolute atomic E-state index is 0.111. The quantitative estimate of drug-likeness (QED) is 0.877. The van der Waals surface area contributed by atoms with Gasteiger partial charge in [-0.1, -0.05) is 30.7 Å². The molecule has 0 saturated carbocycles. The number of hydrogen-bond acceptors (Lipinski definition) is 2. The summed E-state index contributed by atoms with van der Waals surface area (Å²) in [6.45, 7) is 5.27. The van der Waals surface area contributed by atoms with Crippen LogP contribution in [0.25, 0.3) is 0 Å². The highest BCUT2D eigenvalue weighted by atomic mass is 35.5. The first kappa shape index (κ1) is 16.5. The maximum atomic E-state index is 12.5. The molecule has 20 heavy (non-hydrogen) atoms. The van der Waals surface area contributed by atoms with E-state index in [0.717, 1.165) is 5.56 Å². The minimum atomic E-state index is -1.00. The molecule has 1 aromatic carbocycles. The van der Waals surface area contributed by atoms with Crippen molar-refractivity contribution in [2.45, 2.75) is 39.2 Å². The fourth-order valence-corrected chi connectivity index (χ4v) is 2.18. The summed E-state index contributed by atoms with van der Waals surface area (Å²) >= 11 is 5.93. The van der Waals surface area contributed by atoms with Gasteiger partial charge in [0, 0.05) is 11.1 Å². The van der Waals surface area contributed by atoms with E-state index in [1.54, 1.807) is 25.1 Å². The van der Waals surface area contributed by atoms with Gasteiger partial charge in [0.25, 0.3) is 0 Å². The second-order valence-corrected chi connectivity index (χ2v) is 5.33. The summed E-state index contributed by atoms with van der Waals surface area (Å²) in [4.78, 5) is 24.9. The summed E-state index contributed by atoms with van der Waals surface area (Å²) in [5.41, 5.74) is 0.793. The Labute approximate surface area is 124 Å². The van der Waals surface area contributed by atoms with Crippen molar-refractivity contribution in [3.05, 3.63) is 34.9 Å². The Kier molecular flexibility index (Phi) is 6.02. The van der Waals surface area contributed by atoms with E-state index in [0.29, 0.717) is 11.4 Å². The normalized spacial score (nSPS) is 13.6. The van der Waals surface area contributed by atoms with E-state index in [9.17, 15) is 9.59 Å². The summed E-state index contributed by atoms with van der Waals surface area (Å²) in [6, 6.07) is 6.97. The Hall–Kier alpha value is -1.55. The number of amides is 1. The summed E-state index contributed by atoms with van der Waals surface area (Å²) in [5, 5.41) is 9.52. The van der Waals surface area contributed by atoms with Crippen LogP contribution in [0.4, 0.5) is 0 Å². The molecule has 1 aromatic rings. The van der Waals surface area contributed by atoms with Gasteiger partial charge in [0.05, 0.1) is 5.92 Å². The van der Waals surface area contributed by atoms with E-state index in [2.05, 4.69) is 0 Å². The van der Waals surface area contributed by atoms with E-state index in [1.165, 1.54) is 4.90 Å². The maximum Gasteiger partial charge on any atom is 0.323 e. The summed E-state index contributed by atoms with van der Waals surface area (Å²) in [6.07, 6.45) is 0.710. The molecule has 1 N–H and O–H groups in total. The molecule has 4 nitrogen and oxygen atoms in total. The molecule has 0 fully saturated rings. The van der Waals surface area contributed by atoms with Crippen LogP contribution in [0.1, 0.15) is 38.7 Å². The largest absolute Gasteiger partial charge is 0.480 e. The number of carboxylic acid groups (broad SMARTS) is 1. The Morgan fingerprint density at radius 3 is 2.50 bits per heavy atom. The third-order valence-corrected chi connectivity index (χ3v) is 3.67. The van der Waals surface area contributed by atoms with Gasteiger partial charge in [0.15, 0.2) is 0 Å². The fourth-order valence-electron chi connectivity index (χ4n) is 1.98. The fraction of sp³-hybridized carbons (Fsp3) is 0.467. The van der Waals surface area contributed by atoms with Gasteiger partial charge in [-0.3, -0.25) is 9.59 Å². The lowest BCUT2D eigenvalue weighted by Gasteiger charge is -2.29. The molecule has 0 heterocycles. The van der Waals surface area contributed by atoms with Crippen LogP contribution in [0.5, 0.6) is 0 Å². The average Bonchev–Trinajstić information content (AvgIpc) is 2.42. The van der Waals surface area contributed by atoms with Crippen LogP contribution < -0.4 is 0 Å². The number of aliphatic carboxylic acids is 1. The first-order valence-electron chi connectivity index (χ1n) is 6.64. The zero-order valence-electron chi connectivity index (χ0n) is 12.0. The lowest BCUT2D eigenvalue weighted by molar-refractivity contribution is -0.146. The highest BCUT2D eigenvalue weighted by Crippen LogP contribution is 2.22. The molecule has 0 aliphatic carbocycles. The van der Waals surface area contributed by atoms with Crippen molar-refractivity contribution in [1.29, 1.82) is 0 Å². The number of hydrogen-bond donors (Lipinski definition) is 1. The van der Waals surface area contributed by atoms with Crippen molar-refractivity contribution in [3.63, 3.8) is 0 Å². The van der Waals surface area contributed by atoms with Gasteiger partial charge < -0.3 is 10.0 Å². The third kappa shape index (κ3) is 4.23. The number of rotatable bonds is 6. The van der Waals surface area contributed by atoms with Crippen molar-refractivity contribution >= 4 is 23.5 Å². The van der Waals surface area contributed by atoms with Gasteiger partial charge in [0.1, 0.15) is 6.54 Å². The lowest BCUT2D eigenvalue weighted by atomic mass is 9.98. The van der Waals surface area contributed by atoms with Crippen LogP contribution in [-0.2, 0) is 9.59 Å². The highest BCUT2D eigenvalue weighted by Gasteiger charge is 2.26. The molecule has 1 amide bonds. The molecule has 0 spiro atoms. The van der Waals surface area contributed by atoms with Gasteiger partial charge in [-0.25, -0.2) is 0 Å². The van der Waals surface area contributed by atoms with Gasteiger partial charge in [-0.05, 0) is 38.0 Å². The molecule has 2 atom stereocenters. The van der Waals surface area contributed by atoms with E-state index in [1.807, 2.05) is 19.9 Å². The van der Waals surface area contributed by atoms with Crippen LogP contribution in [-0.4, -0.2) is 34.5 Å². The van der Waals surface area contributed by atoms with Gasteiger partial charge >= 0.3 is 5.97 Å². The summed E-state index contributed by atoms with van der Waals surface area (Å²) < 4.78 is 0. The van der Waals surface area contributed by atoms with Crippen LogP contribution in [0, 0.1) is 0 Å². The van der Waals surface area contributed by atoms with Crippen molar-refractivity contribution in [3.8, 4) is 0 Å². The number of carbonyl (C=O) groups excluding carboxylic acids is 1. The molecule has 1 rings (SSSR count). The van der Waals surface area contributed by atoms with Crippen LogP contribution in [0.3, 0.4) is 0 Å². The first-order chi connectivity index (χ1) is 9.36. The zero-order valence-corrected chi connectivity index (χ0v) is 12.7. The van der Waals surface area contributed by atoms with Crippen LogP contribution >= 0.6 is 11.6 Å². The monoisotopic (exact) mass is 297 g/mol. The molecule has 5 heteroatoms. The zero-order chi connectivity index (χ0) is 15.3. The Morgan fingerprint density at radius 1 is 1.35 bits per heavy atom. The minimum Gasteiger partial charge on any atom is -0.480 e. The number of nitrogens with zero attached hydrogens (tertiary/aromatic N) is 1. The number of carboxylic acids is 1. The van der Waals surface area contributed by atoms with Gasteiger partial charge in [-0.15, -0.1) is 0 Å². The standard InChI is InChI=1S/C15H20ClNO3/c1-4-10(2)17(9-14(18)19)15(20)11(3)12-6-5-7-13(16)8-12/h5-8,10-11H,4,9H2,1-3H3,(H,18,19). The Morgan fingerprint density at radius 2 is 2.00 bits per heavy atom. The van der Waals surface area contributed by atoms with Gasteiger partial charge in [-0.2, -0.15) is 0 Å². The predicted octanol–water partition coefficient (Wildman–Crippen LogP) is 3.16. The molecule has 0 radical (unpaired) electrons. The highest BCUT2D eigenvalue weighted by molar-refractivity contribution is 6.30. The van der Waals surface area contributed by atoms with Gasteiger partial charge in [0.2, 0.25) is 5.91 Å². The SMILES string of the molecule is CCC(C)N(CC(=O)O)C(=O)C(C)c1cccc(Cl)c1. The number of benzene rings is 1. The molecule has 0 aliphatic rings. The molecule has 2 unspecified atom stereocenters. The molecular weight excluding hydrogens is 278 g/mol. The Balaban J connectivity index is 2.96. The van der Waals surface area contributed by atoms with E-state index < -0.39 is 11.9 Å². The molecule has 110 valence electrons. The maximum absolute atomic E-state index is 12.5. The lowest BCUT2D eigenvalue weighted by Crippen LogP contribution is -2.43. The number of carbonyl (C=O) groups is 2. The molecular formula is C15H20ClNO3. The topological polar surface area (TPSA) is 57.6 Å². The third-order valence-electron chi connectivity index (χ3n) is 3.43. The van der Waals surface area contributed by atoms with E-state index >= 15 is 0 Å². The van der Waals surface area contributed by atoms with Crippen LogP contribution in [0.15, 0.2) is 24.3 Å². The van der Waals surface area contributed by atoms with E-state index in [4.69, 9.17) is 16.7 Å². The Bertz CT molecular complexity index is 490. The van der Waals surface area contributed by atoms with Crippen molar-refractivity contribution in [1.82, 2.24) is 4.90 Å². The molecule has 0 aliphatic heterocycles. The molecule has 0 aromatic heterocycles. The van der Waals surface area contributed by atoms with Crippen molar-refractivity contribution in [2.75, 3.05) is 6.54 Å². The van der Waals surface area contributed by atoms with Crippen molar-refractivity contribution in [2.24, 2.45) is 0 Å². The smallest absolute Gasteiger partial charge is 0.323 e. The summed E-state index contributed by atoms with van der Waals surface area (Å²) in [5.74, 6) is -1.61. The summed E-state index contributed by atoms with van der Waals surface area (Å²) in [7, 11) is 0. The second-order valence-electron chi connectivity index (χ2n) is 4.89. The molecule has 0 saturated heterocycles. The van der Waals surface area contributed by atoms with E-state index in [-0.39, 0.29) is 18.5 Å². The predicted molar refractivity (Wildman–Crippen MR) is 79.0 cm³/mol. The van der Waals surface area contributed by atoms with Crippen LogP contribution in [0.2, 0.25) is 5.02 Å². The molecule has 0 bridgehead atoms.